The number of hydrogen-bond donors (Lipinski definition) is 2. The minimum absolute atomic E-state index is 0. The normalized spacial score (nSPS) is 9.05. The maximum Gasteiger partial charge on any atom is 0.222 e. The number of pyridine rings is 4. The topological polar surface area (TPSA) is 162 Å². The summed E-state index contributed by atoms with van der Waals surface area (Å²) < 4.78 is 11.1. The molecule has 12 heteroatoms. The lowest BCUT2D eigenvalue weighted by molar-refractivity contribution is -0.124. The van der Waals surface area contributed by atoms with E-state index in [0.717, 1.165) is 45.8 Å². The molecule has 0 unspecified atom stereocenters. The number of aromatic nitrogens is 6. The van der Waals surface area contributed by atoms with Gasteiger partial charge in [0.25, 0.3) is 0 Å². The lowest BCUT2D eigenvalue weighted by Gasteiger charge is -2.06. The molecule has 0 saturated heterocycles. The number of carbonyl (C=O) groups excluding carboxylic acids is 2. The van der Waals surface area contributed by atoms with Gasteiger partial charge in [0.05, 0.1) is 12.4 Å². The highest BCUT2D eigenvalue weighted by molar-refractivity contribution is 5.78. The number of amides is 2. The summed E-state index contributed by atoms with van der Waals surface area (Å²) in [5, 5.41) is 5.65. The van der Waals surface area contributed by atoms with Gasteiger partial charge in [0.2, 0.25) is 11.8 Å². The van der Waals surface area contributed by atoms with Crippen LogP contribution in [-0.2, 0) is 22.7 Å². The van der Waals surface area contributed by atoms with E-state index >= 15 is 0 Å². The first-order chi connectivity index (χ1) is 29.9. The van der Waals surface area contributed by atoms with E-state index in [1.165, 1.54) is 0 Å². The van der Waals surface area contributed by atoms with Crippen molar-refractivity contribution < 1.29 is 18.4 Å². The quantitative estimate of drug-likeness (QED) is 0.135. The summed E-state index contributed by atoms with van der Waals surface area (Å²) in [4.78, 5) is 47.0. The van der Waals surface area contributed by atoms with Gasteiger partial charge in [-0.15, -0.1) is 0 Å². The third-order valence-corrected chi connectivity index (χ3v) is 7.32. The molecule has 0 saturated carbocycles. The Bertz CT molecular complexity index is 1770. The Kier molecular flexibility index (Phi) is 45.2. The molecule has 0 aromatic carbocycles. The average molecular weight is 901 g/mol. The molecule has 0 fully saturated rings. The van der Waals surface area contributed by atoms with Crippen LogP contribution in [0.1, 0.15) is 168 Å². The number of carbonyl (C=O) groups is 2. The van der Waals surface area contributed by atoms with Crippen LogP contribution < -0.4 is 10.6 Å². The largest absolute Gasteiger partial charge is 0.439 e. The van der Waals surface area contributed by atoms with Gasteiger partial charge in [0.15, 0.2) is 23.3 Å². The Balaban J connectivity index is -0.000000230. The van der Waals surface area contributed by atoms with E-state index < -0.39 is 0 Å². The van der Waals surface area contributed by atoms with Gasteiger partial charge in [0.1, 0.15) is 11.4 Å². The van der Waals surface area contributed by atoms with Crippen LogP contribution in [0.3, 0.4) is 0 Å². The Morgan fingerprint density at radius 1 is 0.462 bits per heavy atom. The summed E-state index contributed by atoms with van der Waals surface area (Å²) in [6, 6.07) is 19.0. The monoisotopic (exact) mass is 901 g/mol. The van der Waals surface area contributed by atoms with Crippen molar-refractivity contribution >= 4 is 11.8 Å². The highest BCUT2D eigenvalue weighted by Crippen LogP contribution is 2.22. The van der Waals surface area contributed by atoms with Crippen molar-refractivity contribution in [3.63, 3.8) is 0 Å². The van der Waals surface area contributed by atoms with Crippen LogP contribution in [0.15, 0.2) is 119 Å². The lowest BCUT2D eigenvalue weighted by atomic mass is 10.2. The Morgan fingerprint density at radius 3 is 1.17 bits per heavy atom. The second kappa shape index (κ2) is 43.2. The molecule has 0 aliphatic heterocycles. The van der Waals surface area contributed by atoms with Gasteiger partial charge in [-0.1, -0.05) is 151 Å². The van der Waals surface area contributed by atoms with E-state index in [-0.39, 0.29) is 45.9 Å². The molecule has 6 aromatic rings. The number of nitrogens with one attached hydrogen (secondary N) is 2. The summed E-state index contributed by atoms with van der Waals surface area (Å²) in [6.07, 6.45) is 13.8. The Hall–Kier alpha value is -6.04. The molecule has 2 amide bonds. The molecule has 6 heterocycles. The van der Waals surface area contributed by atoms with Crippen LogP contribution in [0.25, 0.3) is 22.9 Å². The van der Waals surface area contributed by atoms with Crippen molar-refractivity contribution in [1.29, 1.82) is 0 Å². The van der Waals surface area contributed by atoms with Gasteiger partial charge in [-0.25, -0.2) is 9.97 Å². The standard InChI is InChI=1S/2C11H12N2O.2C10H14N2O.4C2H6.3CH4/c2*1-8(2)11-13-7-10(14-11)9-5-3-4-6-12-9;1-8(2)10(13)12-7-9-3-5-11-6-4-9;1-8(2)10(13)12-7-9-4-3-5-11-6-9;4*1-2;;;/h2*3-8H,1-2H3;2*3-6,8H,7H2,1-2H3,(H,12,13);4*1-2H3;3*1H4. The van der Waals surface area contributed by atoms with Gasteiger partial charge >= 0.3 is 0 Å². The zero-order chi connectivity index (χ0) is 47.3. The van der Waals surface area contributed by atoms with Crippen molar-refractivity contribution in [3.8, 4) is 22.9 Å². The molecule has 0 atom stereocenters. The van der Waals surface area contributed by atoms with Crippen LogP contribution in [0.5, 0.6) is 0 Å². The fourth-order valence-electron chi connectivity index (χ4n) is 4.15. The summed E-state index contributed by atoms with van der Waals surface area (Å²) in [5.41, 5.74) is 3.75. The van der Waals surface area contributed by atoms with Crippen LogP contribution in [-0.4, -0.2) is 41.7 Å². The molecule has 0 aliphatic carbocycles. The average Bonchev–Trinajstić information content (AvgIpc) is 4.05. The van der Waals surface area contributed by atoms with E-state index in [9.17, 15) is 9.59 Å². The van der Waals surface area contributed by atoms with Gasteiger partial charge < -0.3 is 19.5 Å². The van der Waals surface area contributed by atoms with Crippen molar-refractivity contribution in [3.05, 3.63) is 133 Å². The first-order valence-corrected chi connectivity index (χ1v) is 22.0. The van der Waals surface area contributed by atoms with E-state index in [2.05, 4.69) is 40.5 Å². The number of oxazole rings is 2. The van der Waals surface area contributed by atoms with E-state index in [1.54, 1.807) is 49.6 Å². The third kappa shape index (κ3) is 29.9. The first-order valence-electron chi connectivity index (χ1n) is 22.0. The molecule has 2 N–H and O–H groups in total. The highest BCUT2D eigenvalue weighted by Gasteiger charge is 2.11. The summed E-state index contributed by atoms with van der Waals surface area (Å²) in [6.45, 7) is 32.8. The lowest BCUT2D eigenvalue weighted by Crippen LogP contribution is -2.27. The Labute approximate surface area is 395 Å². The minimum atomic E-state index is 0. The van der Waals surface area contributed by atoms with Crippen molar-refractivity contribution in [2.75, 3.05) is 0 Å². The number of hydrogen-bond acceptors (Lipinski definition) is 10. The van der Waals surface area contributed by atoms with Crippen LogP contribution in [0, 0.1) is 11.8 Å². The molecule has 6 rings (SSSR count). The second-order valence-electron chi connectivity index (χ2n) is 13.3. The molecule has 0 aliphatic rings. The van der Waals surface area contributed by atoms with Gasteiger partial charge in [-0.3, -0.25) is 29.5 Å². The van der Waals surface area contributed by atoms with Gasteiger partial charge in [0, 0.05) is 73.9 Å². The van der Waals surface area contributed by atoms with Crippen molar-refractivity contribution in [1.82, 2.24) is 40.5 Å². The maximum atomic E-state index is 11.2. The number of nitrogens with zero attached hydrogens (tertiary/aromatic N) is 6. The van der Waals surface area contributed by atoms with E-state index in [0.29, 0.717) is 24.9 Å². The molecule has 0 radical (unpaired) electrons. The molecule has 65 heavy (non-hydrogen) atoms. The number of rotatable bonds is 10. The van der Waals surface area contributed by atoms with Crippen molar-refractivity contribution in [2.24, 2.45) is 11.8 Å². The molecular weight excluding hydrogens is 813 g/mol. The first kappa shape index (κ1) is 68.0. The zero-order valence-corrected chi connectivity index (χ0v) is 40.4. The molecule has 364 valence electrons. The van der Waals surface area contributed by atoms with Crippen LogP contribution in [0.4, 0.5) is 0 Å². The molecule has 0 bridgehead atoms. The third-order valence-electron chi connectivity index (χ3n) is 7.32. The molecule has 0 spiro atoms. The summed E-state index contributed by atoms with van der Waals surface area (Å²) >= 11 is 0. The summed E-state index contributed by atoms with van der Waals surface area (Å²) in [7, 11) is 0. The fourth-order valence-corrected chi connectivity index (χ4v) is 4.15. The smallest absolute Gasteiger partial charge is 0.222 e. The van der Waals surface area contributed by atoms with E-state index in [1.807, 2.05) is 171 Å². The second-order valence-corrected chi connectivity index (χ2v) is 13.3. The van der Waals surface area contributed by atoms with Crippen molar-refractivity contribution in [2.45, 2.75) is 158 Å². The fraction of sp³-hybridized carbons (Fsp3) is 0.472. The van der Waals surface area contributed by atoms with E-state index in [4.69, 9.17) is 8.83 Å². The molecule has 12 nitrogen and oxygen atoms in total. The van der Waals surface area contributed by atoms with Gasteiger partial charge in [-0.2, -0.15) is 0 Å². The zero-order valence-electron chi connectivity index (χ0n) is 40.4. The maximum absolute atomic E-state index is 11.2. The van der Waals surface area contributed by atoms with Crippen LogP contribution >= 0.6 is 0 Å². The predicted molar refractivity (Wildman–Crippen MR) is 275 cm³/mol. The Morgan fingerprint density at radius 2 is 0.862 bits per heavy atom. The summed E-state index contributed by atoms with van der Waals surface area (Å²) in [5.74, 6) is 3.83. The predicted octanol–water partition coefficient (Wildman–Crippen LogP) is 14.4. The highest BCUT2D eigenvalue weighted by atomic mass is 16.4. The SMILES string of the molecule is C.C.C.CC.CC.CC.CC.CC(C)C(=O)NCc1cccnc1.CC(C)C(=O)NCc1ccncc1.CC(C)c1ncc(-c2ccccn2)o1.CC(C)c1ncc(-c2ccccn2)o1. The molecular formula is C53H88N8O4. The van der Waals surface area contributed by atoms with Gasteiger partial charge in [-0.05, 0) is 53.6 Å². The minimum Gasteiger partial charge on any atom is -0.439 e. The van der Waals surface area contributed by atoms with Crippen LogP contribution in [0.2, 0.25) is 0 Å². The molecule has 6 aromatic heterocycles.